The molecule has 2 amide bonds. The number of likely N-dealkylation sites (tertiary alicyclic amines) is 1. The first-order valence-electron chi connectivity index (χ1n) is 9.89. The zero-order chi connectivity index (χ0) is 19.9. The van der Waals surface area contributed by atoms with Crippen LogP contribution in [0.1, 0.15) is 59.5 Å². The molecule has 8 nitrogen and oxygen atoms in total. The van der Waals surface area contributed by atoms with Crippen LogP contribution in [0.2, 0.25) is 0 Å². The molecule has 0 saturated carbocycles. The van der Waals surface area contributed by atoms with Gasteiger partial charge < -0.3 is 14.8 Å². The van der Waals surface area contributed by atoms with Gasteiger partial charge in [-0.1, -0.05) is 6.92 Å². The quantitative estimate of drug-likeness (QED) is 0.854. The van der Waals surface area contributed by atoms with Crippen LogP contribution < -0.4 is 0 Å². The number of aryl methyl sites for hydroxylation is 2. The molecule has 4 rings (SSSR count). The van der Waals surface area contributed by atoms with Gasteiger partial charge in [0.1, 0.15) is 5.82 Å². The van der Waals surface area contributed by atoms with Gasteiger partial charge in [0.05, 0.1) is 28.8 Å². The first-order chi connectivity index (χ1) is 13.5. The topological polar surface area (TPSA) is 95.1 Å². The number of H-pyrrole nitrogens is 1. The number of hydrogen-bond acceptors (Lipinski definition) is 5. The Morgan fingerprint density at radius 2 is 1.93 bits per heavy atom. The fourth-order valence-electron chi connectivity index (χ4n) is 4.58. The second-order valence-electron chi connectivity index (χ2n) is 7.62. The Kier molecular flexibility index (Phi) is 4.64. The van der Waals surface area contributed by atoms with Crippen LogP contribution in [0.25, 0.3) is 0 Å². The minimum Gasteiger partial charge on any atom is -0.348 e. The van der Waals surface area contributed by atoms with Gasteiger partial charge >= 0.3 is 0 Å². The molecule has 0 unspecified atom stereocenters. The Bertz CT molecular complexity index is 913. The summed E-state index contributed by atoms with van der Waals surface area (Å²) in [5.41, 5.74) is 2.92. The maximum Gasteiger partial charge on any atom is 0.257 e. The molecule has 2 aromatic rings. The predicted molar refractivity (Wildman–Crippen MR) is 103 cm³/mol. The average Bonchev–Trinajstić information content (AvgIpc) is 3.18. The van der Waals surface area contributed by atoms with Crippen LogP contribution in [0.4, 0.5) is 0 Å². The van der Waals surface area contributed by atoms with Gasteiger partial charge in [-0.05, 0) is 26.7 Å². The predicted octanol–water partition coefficient (Wildman–Crippen LogP) is 1.74. The van der Waals surface area contributed by atoms with Gasteiger partial charge in [0.2, 0.25) is 5.91 Å². The molecule has 2 aliphatic heterocycles. The van der Waals surface area contributed by atoms with Crippen molar-refractivity contribution in [2.24, 2.45) is 0 Å². The number of carbonyl (C=O) groups excluding carboxylic acids is 2. The van der Waals surface area contributed by atoms with Crippen molar-refractivity contribution in [1.29, 1.82) is 0 Å². The van der Waals surface area contributed by atoms with E-state index in [9.17, 15) is 9.59 Å². The van der Waals surface area contributed by atoms with Crippen LogP contribution in [0.3, 0.4) is 0 Å². The molecule has 148 valence electrons. The highest BCUT2D eigenvalue weighted by molar-refractivity contribution is 5.95. The minimum atomic E-state index is -0.420. The molecule has 1 N–H and O–H groups in total. The summed E-state index contributed by atoms with van der Waals surface area (Å²) in [6.07, 6.45) is 5.98. The number of nitrogens with zero attached hydrogens (tertiary/aromatic N) is 5. The van der Waals surface area contributed by atoms with E-state index in [1.54, 1.807) is 12.5 Å². The van der Waals surface area contributed by atoms with Crippen molar-refractivity contribution in [3.05, 3.63) is 41.0 Å². The standard InChI is InChI=1S/C20H26N6O2/c1-4-17(27)26-8-5-16-18(23-12-22-16)20(26)6-9-25(10-7-20)19(28)15-11-21-14(3)24-13(15)2/h11-12H,4-10H2,1-3H3,(H,22,23). The van der Waals surface area contributed by atoms with Crippen molar-refractivity contribution in [1.82, 2.24) is 29.7 Å². The number of amides is 2. The lowest BCUT2D eigenvalue weighted by Crippen LogP contribution is -2.58. The van der Waals surface area contributed by atoms with Gasteiger partial charge in [-0.25, -0.2) is 15.0 Å². The van der Waals surface area contributed by atoms with Crippen molar-refractivity contribution >= 4 is 11.8 Å². The Hall–Kier alpha value is -2.77. The van der Waals surface area contributed by atoms with Gasteiger partial charge in [0.15, 0.2) is 0 Å². The highest BCUT2D eigenvalue weighted by Crippen LogP contribution is 2.42. The largest absolute Gasteiger partial charge is 0.348 e. The van der Waals surface area contributed by atoms with Crippen LogP contribution in [-0.4, -0.2) is 61.2 Å². The lowest BCUT2D eigenvalue weighted by molar-refractivity contribution is -0.141. The molecule has 2 aliphatic rings. The number of aromatic amines is 1. The Balaban J connectivity index is 1.59. The summed E-state index contributed by atoms with van der Waals surface area (Å²) in [5.74, 6) is 0.767. The van der Waals surface area contributed by atoms with E-state index in [0.29, 0.717) is 56.0 Å². The summed E-state index contributed by atoms with van der Waals surface area (Å²) in [4.78, 5) is 45.8. The first-order valence-corrected chi connectivity index (χ1v) is 9.89. The number of imidazole rings is 1. The lowest BCUT2D eigenvalue weighted by Gasteiger charge is -2.50. The van der Waals surface area contributed by atoms with Crippen LogP contribution >= 0.6 is 0 Å². The molecule has 1 fully saturated rings. The van der Waals surface area contributed by atoms with Crippen molar-refractivity contribution in [3.63, 3.8) is 0 Å². The fourth-order valence-corrected chi connectivity index (χ4v) is 4.58. The van der Waals surface area contributed by atoms with Crippen LogP contribution in [0.5, 0.6) is 0 Å². The maximum absolute atomic E-state index is 13.0. The number of fused-ring (bicyclic) bond motifs is 2. The smallest absolute Gasteiger partial charge is 0.257 e. The molecule has 4 heterocycles. The van der Waals surface area contributed by atoms with E-state index < -0.39 is 5.54 Å². The molecule has 28 heavy (non-hydrogen) atoms. The fraction of sp³-hybridized carbons (Fsp3) is 0.550. The average molecular weight is 382 g/mol. The number of rotatable bonds is 2. The van der Waals surface area contributed by atoms with E-state index in [1.165, 1.54) is 0 Å². The van der Waals surface area contributed by atoms with Crippen molar-refractivity contribution in [2.45, 2.75) is 52.0 Å². The van der Waals surface area contributed by atoms with Gasteiger partial charge in [-0.2, -0.15) is 0 Å². The highest BCUT2D eigenvalue weighted by Gasteiger charge is 2.48. The van der Waals surface area contributed by atoms with Crippen LogP contribution in [-0.2, 0) is 16.8 Å². The van der Waals surface area contributed by atoms with E-state index in [4.69, 9.17) is 0 Å². The summed E-state index contributed by atoms with van der Waals surface area (Å²) in [7, 11) is 0. The Morgan fingerprint density at radius 1 is 1.18 bits per heavy atom. The Morgan fingerprint density at radius 3 is 2.61 bits per heavy atom. The third kappa shape index (κ3) is 2.87. The van der Waals surface area contributed by atoms with Crippen molar-refractivity contribution < 1.29 is 9.59 Å². The molecule has 0 aromatic carbocycles. The zero-order valence-electron chi connectivity index (χ0n) is 16.7. The van der Waals surface area contributed by atoms with Gasteiger partial charge in [-0.15, -0.1) is 0 Å². The molecule has 0 atom stereocenters. The van der Waals surface area contributed by atoms with Crippen molar-refractivity contribution in [2.75, 3.05) is 19.6 Å². The van der Waals surface area contributed by atoms with Gasteiger partial charge in [0, 0.05) is 44.4 Å². The normalized spacial score (nSPS) is 18.2. The van der Waals surface area contributed by atoms with Crippen LogP contribution in [0, 0.1) is 13.8 Å². The van der Waals surface area contributed by atoms with Crippen LogP contribution in [0.15, 0.2) is 12.5 Å². The molecular formula is C20H26N6O2. The number of aromatic nitrogens is 4. The Labute approximate surface area is 164 Å². The lowest BCUT2D eigenvalue weighted by atomic mass is 9.78. The van der Waals surface area contributed by atoms with E-state index in [2.05, 4.69) is 19.9 Å². The second kappa shape index (κ2) is 7.00. The van der Waals surface area contributed by atoms with Gasteiger partial charge in [-0.3, -0.25) is 9.59 Å². The molecule has 0 aliphatic carbocycles. The zero-order valence-corrected chi connectivity index (χ0v) is 16.7. The molecule has 1 spiro atoms. The number of piperidine rings is 1. The molecule has 8 heteroatoms. The molecule has 0 bridgehead atoms. The number of hydrogen-bond donors (Lipinski definition) is 1. The molecule has 1 saturated heterocycles. The molecule has 0 radical (unpaired) electrons. The van der Waals surface area contributed by atoms with Gasteiger partial charge in [0.25, 0.3) is 5.91 Å². The molecular weight excluding hydrogens is 356 g/mol. The minimum absolute atomic E-state index is 0.0428. The monoisotopic (exact) mass is 382 g/mol. The van der Waals surface area contributed by atoms with E-state index in [1.807, 2.05) is 30.6 Å². The first kappa shape index (κ1) is 18.6. The number of carbonyl (C=O) groups is 2. The summed E-state index contributed by atoms with van der Waals surface area (Å²) in [6, 6.07) is 0. The summed E-state index contributed by atoms with van der Waals surface area (Å²) in [6.45, 7) is 7.40. The third-order valence-corrected chi connectivity index (χ3v) is 6.07. The summed E-state index contributed by atoms with van der Waals surface area (Å²) in [5, 5.41) is 0. The van der Waals surface area contributed by atoms with Crippen molar-refractivity contribution in [3.8, 4) is 0 Å². The SMILES string of the molecule is CCC(=O)N1CCc2[nH]cnc2C12CCN(C(=O)c1cnc(C)nc1C)CC2. The summed E-state index contributed by atoms with van der Waals surface area (Å²) < 4.78 is 0. The highest BCUT2D eigenvalue weighted by atomic mass is 16.2. The van der Waals surface area contributed by atoms with E-state index in [0.717, 1.165) is 17.8 Å². The van der Waals surface area contributed by atoms with E-state index in [-0.39, 0.29) is 11.8 Å². The molecule has 2 aromatic heterocycles. The second-order valence-corrected chi connectivity index (χ2v) is 7.62. The van der Waals surface area contributed by atoms with E-state index >= 15 is 0 Å². The third-order valence-electron chi connectivity index (χ3n) is 6.07. The maximum atomic E-state index is 13.0. The number of nitrogens with one attached hydrogen (secondary N) is 1. The summed E-state index contributed by atoms with van der Waals surface area (Å²) >= 11 is 0.